The average Bonchev–Trinajstić information content (AvgIpc) is 2.31. The van der Waals surface area contributed by atoms with Gasteiger partial charge in [0.2, 0.25) is 5.95 Å². The molecule has 0 fully saturated rings. The Morgan fingerprint density at radius 2 is 2.00 bits per heavy atom. The number of aromatic nitrogens is 2. The molecular weight excluding hydrogens is 301 g/mol. The molecule has 5 nitrogen and oxygen atoms in total. The zero-order valence-electron chi connectivity index (χ0n) is 8.98. The zero-order valence-corrected chi connectivity index (χ0v) is 10.6. The van der Waals surface area contributed by atoms with E-state index >= 15 is 0 Å². The topological polar surface area (TPSA) is 102 Å². The molecule has 0 saturated heterocycles. The first-order valence-corrected chi connectivity index (χ1v) is 5.60. The summed E-state index contributed by atoms with van der Waals surface area (Å²) < 4.78 is 13.8. The normalized spacial score (nSPS) is 10.1. The molecule has 1 aromatic heterocycles. The summed E-state index contributed by atoms with van der Waals surface area (Å²) in [5.41, 5.74) is 11.7. The van der Waals surface area contributed by atoms with Crippen molar-refractivity contribution in [2.45, 2.75) is 0 Å². The maximum Gasteiger partial charge on any atom is 0.222 e. The summed E-state index contributed by atoms with van der Waals surface area (Å²) in [4.78, 5) is 7.64. The van der Waals surface area contributed by atoms with Crippen molar-refractivity contribution >= 4 is 27.7 Å². The van der Waals surface area contributed by atoms with Gasteiger partial charge in [-0.05, 0) is 18.2 Å². The number of hydrogen-bond donors (Lipinski definition) is 2. The van der Waals surface area contributed by atoms with Gasteiger partial charge in [-0.25, -0.2) is 9.37 Å². The number of nitrogens with two attached hydrogens (primary N) is 2. The van der Waals surface area contributed by atoms with Gasteiger partial charge in [0.15, 0.2) is 0 Å². The van der Waals surface area contributed by atoms with Gasteiger partial charge >= 0.3 is 0 Å². The van der Waals surface area contributed by atoms with Gasteiger partial charge in [-0.15, -0.1) is 0 Å². The van der Waals surface area contributed by atoms with E-state index in [9.17, 15) is 4.39 Å². The number of rotatable bonds is 1. The second-order valence-electron chi connectivity index (χ2n) is 3.43. The van der Waals surface area contributed by atoms with E-state index in [0.29, 0.717) is 10.0 Å². The second-order valence-corrected chi connectivity index (χ2v) is 4.28. The number of anilines is 2. The van der Waals surface area contributed by atoms with E-state index in [-0.39, 0.29) is 23.0 Å². The molecule has 0 unspecified atom stereocenters. The van der Waals surface area contributed by atoms with Gasteiger partial charge in [-0.3, -0.25) is 0 Å². The van der Waals surface area contributed by atoms with E-state index in [2.05, 4.69) is 25.9 Å². The molecule has 1 aromatic carbocycles. The smallest absolute Gasteiger partial charge is 0.222 e. The van der Waals surface area contributed by atoms with Gasteiger partial charge in [0, 0.05) is 10.0 Å². The lowest BCUT2D eigenvalue weighted by atomic mass is 10.1. The first kappa shape index (κ1) is 12.3. The fourth-order valence-corrected chi connectivity index (χ4v) is 1.91. The van der Waals surface area contributed by atoms with Crippen LogP contribution >= 0.6 is 15.9 Å². The van der Waals surface area contributed by atoms with Crippen LogP contribution < -0.4 is 11.5 Å². The van der Waals surface area contributed by atoms with Crippen LogP contribution in [0.25, 0.3) is 11.3 Å². The van der Waals surface area contributed by atoms with E-state index in [1.54, 1.807) is 0 Å². The molecular formula is C11H7BrFN5. The van der Waals surface area contributed by atoms with Gasteiger partial charge < -0.3 is 11.5 Å². The zero-order chi connectivity index (χ0) is 13.3. The maximum absolute atomic E-state index is 13.3. The Hall–Kier alpha value is -2.20. The van der Waals surface area contributed by atoms with E-state index in [1.807, 2.05) is 6.07 Å². The van der Waals surface area contributed by atoms with Gasteiger partial charge in [-0.1, -0.05) is 15.9 Å². The van der Waals surface area contributed by atoms with Crippen LogP contribution in [0, 0.1) is 17.1 Å². The Bertz CT molecular complexity index is 665. The molecule has 0 atom stereocenters. The minimum absolute atomic E-state index is 0.0313. The first-order valence-electron chi connectivity index (χ1n) is 4.81. The fraction of sp³-hybridized carbons (Fsp3) is 0. The molecule has 18 heavy (non-hydrogen) atoms. The highest BCUT2D eigenvalue weighted by Gasteiger charge is 2.15. The number of benzene rings is 1. The Morgan fingerprint density at radius 1 is 1.28 bits per heavy atom. The van der Waals surface area contributed by atoms with Crippen molar-refractivity contribution in [3.63, 3.8) is 0 Å². The second kappa shape index (κ2) is 4.58. The summed E-state index contributed by atoms with van der Waals surface area (Å²) >= 11 is 3.26. The van der Waals surface area contributed by atoms with Crippen LogP contribution in [0.4, 0.5) is 16.2 Å². The average molecular weight is 308 g/mol. The molecule has 7 heteroatoms. The fourth-order valence-electron chi connectivity index (χ4n) is 1.48. The van der Waals surface area contributed by atoms with Gasteiger partial charge in [0.25, 0.3) is 0 Å². The lowest BCUT2D eigenvalue weighted by Gasteiger charge is -2.08. The largest absolute Gasteiger partial charge is 0.382 e. The molecule has 0 spiro atoms. The predicted molar refractivity (Wildman–Crippen MR) is 68.7 cm³/mol. The molecule has 1 heterocycles. The van der Waals surface area contributed by atoms with Crippen LogP contribution in [0.15, 0.2) is 22.7 Å². The number of nitrogens with zero attached hydrogens (tertiary/aromatic N) is 3. The van der Waals surface area contributed by atoms with Crippen LogP contribution in [0.2, 0.25) is 0 Å². The minimum Gasteiger partial charge on any atom is -0.382 e. The third-order valence-corrected chi connectivity index (χ3v) is 2.94. The molecule has 0 bridgehead atoms. The molecule has 0 radical (unpaired) electrons. The van der Waals surface area contributed by atoms with Crippen LogP contribution in [-0.2, 0) is 0 Å². The molecule has 0 aliphatic heterocycles. The summed E-state index contributed by atoms with van der Waals surface area (Å²) in [7, 11) is 0. The molecule has 2 aromatic rings. The summed E-state index contributed by atoms with van der Waals surface area (Å²) in [5.74, 6) is -0.554. The standard InChI is InChI=1S/C11H7BrFN5/c12-8-2-1-5(13)3-6(8)9-7(4-14)10(15)18-11(16)17-9/h1-3H,(H4,15,16,17,18). The third-order valence-electron chi connectivity index (χ3n) is 2.25. The van der Waals surface area contributed by atoms with Crippen molar-refractivity contribution < 1.29 is 4.39 Å². The van der Waals surface area contributed by atoms with Crippen LogP contribution in [-0.4, -0.2) is 9.97 Å². The van der Waals surface area contributed by atoms with E-state index in [4.69, 9.17) is 16.7 Å². The van der Waals surface area contributed by atoms with Crippen molar-refractivity contribution in [1.82, 2.24) is 9.97 Å². The molecule has 0 saturated carbocycles. The van der Waals surface area contributed by atoms with Gasteiger partial charge in [0.05, 0.1) is 5.69 Å². The lowest BCUT2D eigenvalue weighted by Crippen LogP contribution is -2.05. The quantitative estimate of drug-likeness (QED) is 0.840. The Labute approximate surface area is 110 Å². The van der Waals surface area contributed by atoms with E-state index in [0.717, 1.165) is 0 Å². The molecule has 90 valence electrons. The highest BCUT2D eigenvalue weighted by Crippen LogP contribution is 2.31. The van der Waals surface area contributed by atoms with Crippen molar-refractivity contribution in [2.24, 2.45) is 0 Å². The predicted octanol–water partition coefficient (Wildman–Crippen LogP) is 2.08. The van der Waals surface area contributed by atoms with E-state index in [1.165, 1.54) is 18.2 Å². The molecule has 0 aliphatic carbocycles. The van der Waals surface area contributed by atoms with E-state index < -0.39 is 5.82 Å². The van der Waals surface area contributed by atoms with Crippen LogP contribution in [0.5, 0.6) is 0 Å². The highest BCUT2D eigenvalue weighted by molar-refractivity contribution is 9.10. The number of hydrogen-bond acceptors (Lipinski definition) is 5. The SMILES string of the molecule is N#Cc1c(N)nc(N)nc1-c1cc(F)ccc1Br. The summed E-state index contributed by atoms with van der Waals surface area (Å²) in [6, 6.07) is 5.93. The van der Waals surface area contributed by atoms with Crippen molar-refractivity contribution in [1.29, 1.82) is 5.26 Å². The molecule has 2 rings (SSSR count). The Balaban J connectivity index is 2.78. The number of halogens is 2. The summed E-state index contributed by atoms with van der Waals surface area (Å²) in [5, 5.41) is 9.05. The summed E-state index contributed by atoms with van der Waals surface area (Å²) in [6.07, 6.45) is 0. The molecule has 0 aliphatic rings. The van der Waals surface area contributed by atoms with Crippen LogP contribution in [0.3, 0.4) is 0 Å². The maximum atomic E-state index is 13.3. The molecule has 4 N–H and O–H groups in total. The Morgan fingerprint density at radius 3 is 2.67 bits per heavy atom. The van der Waals surface area contributed by atoms with Gasteiger partial charge in [-0.2, -0.15) is 10.2 Å². The monoisotopic (exact) mass is 307 g/mol. The van der Waals surface area contributed by atoms with Gasteiger partial charge in [0.1, 0.15) is 23.3 Å². The molecule has 0 amide bonds. The number of nitrogen functional groups attached to an aromatic ring is 2. The van der Waals surface area contributed by atoms with Crippen LogP contribution in [0.1, 0.15) is 5.56 Å². The van der Waals surface area contributed by atoms with Crippen molar-refractivity contribution in [2.75, 3.05) is 11.5 Å². The first-order chi connectivity index (χ1) is 8.52. The highest BCUT2D eigenvalue weighted by atomic mass is 79.9. The number of nitriles is 1. The van der Waals surface area contributed by atoms with Crippen molar-refractivity contribution in [3.05, 3.63) is 34.1 Å². The third kappa shape index (κ3) is 2.10. The van der Waals surface area contributed by atoms with Crippen molar-refractivity contribution in [3.8, 4) is 17.3 Å². The summed E-state index contributed by atoms with van der Waals surface area (Å²) in [6.45, 7) is 0. The lowest BCUT2D eigenvalue weighted by molar-refractivity contribution is 0.628. The minimum atomic E-state index is -0.451. The Kier molecular flexibility index (Phi) is 3.12.